The van der Waals surface area contributed by atoms with Gasteiger partial charge < -0.3 is 15.0 Å². The van der Waals surface area contributed by atoms with E-state index in [1.165, 1.54) is 5.56 Å². The van der Waals surface area contributed by atoms with Crippen LogP contribution in [-0.2, 0) is 4.79 Å². The summed E-state index contributed by atoms with van der Waals surface area (Å²) in [6, 6.07) is 8.88. The van der Waals surface area contributed by atoms with E-state index in [2.05, 4.69) is 34.2 Å². The molecule has 2 aliphatic heterocycles. The summed E-state index contributed by atoms with van der Waals surface area (Å²) in [5, 5.41) is 3.38. The summed E-state index contributed by atoms with van der Waals surface area (Å²) >= 11 is 0. The van der Waals surface area contributed by atoms with E-state index in [0.717, 1.165) is 44.8 Å². The van der Waals surface area contributed by atoms with Crippen LogP contribution in [0.1, 0.15) is 38.3 Å². The van der Waals surface area contributed by atoms with E-state index in [1.807, 2.05) is 19.1 Å². The molecule has 5 nitrogen and oxygen atoms in total. The average molecular weight is 368 g/mol. The first-order valence-electron chi connectivity index (χ1n) is 9.16. The van der Waals surface area contributed by atoms with E-state index >= 15 is 0 Å². The highest BCUT2D eigenvalue weighted by Gasteiger charge is 2.31. The number of hydrogen-bond acceptors (Lipinski definition) is 4. The van der Waals surface area contributed by atoms with Crippen molar-refractivity contribution in [2.45, 2.75) is 38.8 Å². The van der Waals surface area contributed by atoms with Gasteiger partial charge in [-0.2, -0.15) is 0 Å². The van der Waals surface area contributed by atoms with Gasteiger partial charge in [0.1, 0.15) is 5.75 Å². The maximum Gasteiger partial charge on any atom is 0.237 e. The zero-order valence-electron chi connectivity index (χ0n) is 15.2. The number of rotatable bonds is 5. The number of amides is 1. The van der Waals surface area contributed by atoms with Crippen molar-refractivity contribution < 1.29 is 9.53 Å². The fourth-order valence-corrected chi connectivity index (χ4v) is 3.75. The minimum absolute atomic E-state index is 0. The smallest absolute Gasteiger partial charge is 0.237 e. The van der Waals surface area contributed by atoms with Gasteiger partial charge in [-0.1, -0.05) is 12.1 Å². The van der Waals surface area contributed by atoms with Crippen molar-refractivity contribution in [3.05, 3.63) is 29.8 Å². The van der Waals surface area contributed by atoms with Gasteiger partial charge in [0.05, 0.1) is 19.2 Å². The van der Waals surface area contributed by atoms with E-state index in [-0.39, 0.29) is 24.4 Å². The SMILES string of the molecule is CCOc1ccc(C2CCCN2C(=O)CN2CCNC[C@@H]2C)cc1.Cl. The van der Waals surface area contributed by atoms with Crippen LogP contribution in [0, 0.1) is 0 Å². The third-order valence-corrected chi connectivity index (χ3v) is 5.13. The number of likely N-dealkylation sites (tertiary alicyclic amines) is 1. The minimum atomic E-state index is 0. The van der Waals surface area contributed by atoms with Crippen molar-refractivity contribution in [2.75, 3.05) is 39.3 Å². The summed E-state index contributed by atoms with van der Waals surface area (Å²) in [4.78, 5) is 17.2. The molecule has 140 valence electrons. The van der Waals surface area contributed by atoms with Gasteiger partial charge in [-0.25, -0.2) is 0 Å². The molecule has 2 saturated heterocycles. The molecule has 6 heteroatoms. The molecule has 0 bridgehead atoms. The van der Waals surface area contributed by atoms with Gasteiger partial charge in [-0.3, -0.25) is 9.69 Å². The highest BCUT2D eigenvalue weighted by molar-refractivity contribution is 5.85. The first-order chi connectivity index (χ1) is 11.7. The van der Waals surface area contributed by atoms with Crippen LogP contribution in [0.4, 0.5) is 0 Å². The summed E-state index contributed by atoms with van der Waals surface area (Å²) < 4.78 is 5.52. The number of ether oxygens (including phenoxy) is 1. The molecule has 0 spiro atoms. The molecule has 2 aliphatic rings. The molecule has 0 aromatic heterocycles. The van der Waals surface area contributed by atoms with E-state index in [1.54, 1.807) is 0 Å². The molecule has 1 unspecified atom stereocenters. The Kier molecular flexibility index (Phi) is 7.54. The second-order valence-corrected chi connectivity index (χ2v) is 6.77. The number of carbonyl (C=O) groups is 1. The Bertz CT molecular complexity index is 552. The second kappa shape index (κ2) is 9.41. The summed E-state index contributed by atoms with van der Waals surface area (Å²) in [5.41, 5.74) is 1.22. The van der Waals surface area contributed by atoms with Crippen LogP contribution in [0.3, 0.4) is 0 Å². The third kappa shape index (κ3) is 4.87. The Morgan fingerprint density at radius 2 is 2.04 bits per heavy atom. The topological polar surface area (TPSA) is 44.8 Å². The summed E-state index contributed by atoms with van der Waals surface area (Å²) in [6.07, 6.45) is 2.14. The summed E-state index contributed by atoms with van der Waals surface area (Å²) in [5.74, 6) is 1.16. The van der Waals surface area contributed by atoms with Crippen LogP contribution in [-0.4, -0.2) is 61.1 Å². The van der Waals surface area contributed by atoms with Crippen molar-refractivity contribution in [3.8, 4) is 5.75 Å². The lowest BCUT2D eigenvalue weighted by molar-refractivity contribution is -0.134. The van der Waals surface area contributed by atoms with E-state index in [4.69, 9.17) is 4.74 Å². The fraction of sp³-hybridized carbons (Fsp3) is 0.632. The average Bonchev–Trinajstić information content (AvgIpc) is 3.08. The van der Waals surface area contributed by atoms with E-state index in [0.29, 0.717) is 19.2 Å². The molecule has 0 radical (unpaired) electrons. The van der Waals surface area contributed by atoms with Crippen molar-refractivity contribution in [1.82, 2.24) is 15.1 Å². The van der Waals surface area contributed by atoms with Gasteiger partial charge >= 0.3 is 0 Å². The number of nitrogens with zero attached hydrogens (tertiary/aromatic N) is 2. The van der Waals surface area contributed by atoms with Crippen molar-refractivity contribution in [1.29, 1.82) is 0 Å². The number of hydrogen-bond donors (Lipinski definition) is 1. The first kappa shape index (κ1) is 20.0. The molecular weight excluding hydrogens is 338 g/mol. The quantitative estimate of drug-likeness (QED) is 0.868. The van der Waals surface area contributed by atoms with Gasteiger partial charge in [0.25, 0.3) is 0 Å². The fourth-order valence-electron chi connectivity index (χ4n) is 3.75. The first-order valence-corrected chi connectivity index (χ1v) is 9.16. The van der Waals surface area contributed by atoms with E-state index in [9.17, 15) is 4.79 Å². The molecule has 1 amide bonds. The Morgan fingerprint density at radius 3 is 2.72 bits per heavy atom. The largest absolute Gasteiger partial charge is 0.494 e. The van der Waals surface area contributed by atoms with Crippen molar-refractivity contribution in [2.24, 2.45) is 0 Å². The van der Waals surface area contributed by atoms with Crippen LogP contribution >= 0.6 is 12.4 Å². The predicted octanol–water partition coefficient (Wildman–Crippen LogP) is 2.46. The normalized spacial score (nSPS) is 24.0. The van der Waals surface area contributed by atoms with Crippen molar-refractivity contribution >= 4 is 18.3 Å². The lowest BCUT2D eigenvalue weighted by Crippen LogP contribution is -2.53. The molecule has 2 atom stereocenters. The van der Waals surface area contributed by atoms with Crippen LogP contribution in [0.25, 0.3) is 0 Å². The highest BCUT2D eigenvalue weighted by Crippen LogP contribution is 2.33. The summed E-state index contributed by atoms with van der Waals surface area (Å²) in [6.45, 7) is 9.16. The lowest BCUT2D eigenvalue weighted by atomic mass is 10.0. The number of benzene rings is 1. The maximum atomic E-state index is 12.9. The Labute approximate surface area is 157 Å². The summed E-state index contributed by atoms with van der Waals surface area (Å²) in [7, 11) is 0. The molecular formula is C19H30ClN3O2. The highest BCUT2D eigenvalue weighted by atomic mass is 35.5. The molecule has 0 saturated carbocycles. The molecule has 1 aromatic rings. The zero-order valence-corrected chi connectivity index (χ0v) is 16.1. The van der Waals surface area contributed by atoms with Crippen molar-refractivity contribution in [3.63, 3.8) is 0 Å². The van der Waals surface area contributed by atoms with Gasteiger partial charge in [0.15, 0.2) is 0 Å². The van der Waals surface area contributed by atoms with Gasteiger partial charge in [0, 0.05) is 32.2 Å². The molecule has 3 rings (SSSR count). The van der Waals surface area contributed by atoms with Crippen LogP contribution in [0.2, 0.25) is 0 Å². The van der Waals surface area contributed by atoms with Crippen LogP contribution in [0.15, 0.2) is 24.3 Å². The van der Waals surface area contributed by atoms with Gasteiger partial charge in [0.2, 0.25) is 5.91 Å². The second-order valence-electron chi connectivity index (χ2n) is 6.77. The lowest BCUT2D eigenvalue weighted by Gasteiger charge is -2.35. The molecule has 2 heterocycles. The molecule has 2 fully saturated rings. The van der Waals surface area contributed by atoms with Gasteiger partial charge in [-0.05, 0) is 44.4 Å². The standard InChI is InChI=1S/C19H29N3O2.ClH/c1-3-24-17-8-6-16(7-9-17)18-5-4-11-22(18)19(23)14-21-12-10-20-13-15(21)2;/h6-9,15,18,20H,3-5,10-14H2,1-2H3;1H/t15-,18?;/m0./s1. The Hall–Kier alpha value is -1.30. The van der Waals surface area contributed by atoms with Crippen LogP contribution < -0.4 is 10.1 Å². The number of nitrogens with one attached hydrogen (secondary N) is 1. The predicted molar refractivity (Wildman–Crippen MR) is 102 cm³/mol. The molecule has 0 aliphatic carbocycles. The van der Waals surface area contributed by atoms with Crippen LogP contribution in [0.5, 0.6) is 5.75 Å². The van der Waals surface area contributed by atoms with Gasteiger partial charge in [-0.15, -0.1) is 12.4 Å². The minimum Gasteiger partial charge on any atom is -0.494 e. The maximum absolute atomic E-state index is 12.9. The number of carbonyl (C=O) groups excluding carboxylic acids is 1. The molecule has 25 heavy (non-hydrogen) atoms. The zero-order chi connectivity index (χ0) is 16.9. The monoisotopic (exact) mass is 367 g/mol. The Balaban J connectivity index is 0.00000225. The Morgan fingerprint density at radius 1 is 1.28 bits per heavy atom. The third-order valence-electron chi connectivity index (χ3n) is 5.13. The molecule has 1 N–H and O–H groups in total. The molecule has 1 aromatic carbocycles. The van der Waals surface area contributed by atoms with E-state index < -0.39 is 0 Å². The number of halogens is 1. The number of piperazine rings is 1.